The molecule has 1 aliphatic rings. The number of fused-ring (bicyclic) bond motifs is 1. The van der Waals surface area contributed by atoms with Gasteiger partial charge in [-0.3, -0.25) is 4.68 Å². The number of nitrogen functional groups attached to an aromatic ring is 1. The molecule has 0 bridgehead atoms. The lowest BCUT2D eigenvalue weighted by Crippen LogP contribution is -2.22. The van der Waals surface area contributed by atoms with Gasteiger partial charge < -0.3 is 15.2 Å². The summed E-state index contributed by atoms with van der Waals surface area (Å²) >= 11 is 0. The third-order valence-corrected chi connectivity index (χ3v) is 3.32. The van der Waals surface area contributed by atoms with Gasteiger partial charge in [-0.15, -0.1) is 0 Å². The highest BCUT2D eigenvalue weighted by Crippen LogP contribution is 2.33. The summed E-state index contributed by atoms with van der Waals surface area (Å²) < 4.78 is 12.6. The van der Waals surface area contributed by atoms with Crippen molar-refractivity contribution >= 4 is 5.69 Å². The molecule has 0 aliphatic carbocycles. The monoisotopic (exact) mass is 273 g/mol. The average Bonchev–Trinajstić information content (AvgIpc) is 2.95. The van der Waals surface area contributed by atoms with Crippen LogP contribution in [0.4, 0.5) is 5.69 Å². The van der Waals surface area contributed by atoms with E-state index in [0.717, 1.165) is 28.4 Å². The minimum atomic E-state index is -0.0682. The van der Waals surface area contributed by atoms with E-state index in [2.05, 4.69) is 25.9 Å². The van der Waals surface area contributed by atoms with Crippen LogP contribution >= 0.6 is 0 Å². The maximum Gasteiger partial charge on any atom is 0.231 e. The molecule has 0 spiro atoms. The van der Waals surface area contributed by atoms with E-state index in [0.29, 0.717) is 13.2 Å². The quantitative estimate of drug-likeness (QED) is 0.913. The van der Waals surface area contributed by atoms with Crippen molar-refractivity contribution in [3.63, 3.8) is 0 Å². The molecular formula is C15H19N3O2. The minimum absolute atomic E-state index is 0.0682. The van der Waals surface area contributed by atoms with Crippen molar-refractivity contribution in [1.29, 1.82) is 0 Å². The highest BCUT2D eigenvalue weighted by atomic mass is 16.7. The standard InChI is InChI=1S/C15H19N3O2/c1-15(2,3)18-8-11(16)12(17-18)6-10-4-5-13-14(7-10)20-9-19-13/h4-5,7-8H,6,9,16H2,1-3H3. The van der Waals surface area contributed by atoms with Gasteiger partial charge in [-0.25, -0.2) is 0 Å². The fourth-order valence-corrected chi connectivity index (χ4v) is 2.15. The number of ether oxygens (including phenoxy) is 2. The summed E-state index contributed by atoms with van der Waals surface area (Å²) in [6, 6.07) is 5.93. The molecule has 0 amide bonds. The number of anilines is 1. The Hall–Kier alpha value is -2.17. The van der Waals surface area contributed by atoms with Crippen LogP contribution in [-0.4, -0.2) is 16.6 Å². The van der Waals surface area contributed by atoms with Crippen LogP contribution in [0.5, 0.6) is 11.5 Å². The lowest BCUT2D eigenvalue weighted by molar-refractivity contribution is 0.174. The lowest BCUT2D eigenvalue weighted by atomic mass is 10.1. The highest BCUT2D eigenvalue weighted by Gasteiger charge is 2.18. The van der Waals surface area contributed by atoms with E-state index in [-0.39, 0.29) is 5.54 Å². The van der Waals surface area contributed by atoms with Crippen LogP contribution in [0.1, 0.15) is 32.0 Å². The van der Waals surface area contributed by atoms with Crippen LogP contribution in [0, 0.1) is 0 Å². The summed E-state index contributed by atoms with van der Waals surface area (Å²) in [7, 11) is 0. The Kier molecular flexibility index (Phi) is 2.85. The summed E-state index contributed by atoms with van der Waals surface area (Å²) in [6.45, 7) is 6.59. The summed E-state index contributed by atoms with van der Waals surface area (Å²) in [5, 5.41) is 4.59. The Bertz CT molecular complexity index is 641. The van der Waals surface area contributed by atoms with Gasteiger partial charge in [0.05, 0.1) is 16.9 Å². The molecule has 106 valence electrons. The van der Waals surface area contributed by atoms with Crippen molar-refractivity contribution < 1.29 is 9.47 Å². The van der Waals surface area contributed by atoms with E-state index in [1.165, 1.54) is 0 Å². The first-order valence-corrected chi connectivity index (χ1v) is 6.66. The molecule has 1 aliphatic heterocycles. The third kappa shape index (κ3) is 2.31. The second kappa shape index (κ2) is 4.44. The molecule has 5 nitrogen and oxygen atoms in total. The maximum atomic E-state index is 6.06. The van der Waals surface area contributed by atoms with Gasteiger partial charge in [0.1, 0.15) is 0 Å². The van der Waals surface area contributed by atoms with Crippen molar-refractivity contribution in [3.05, 3.63) is 35.7 Å². The van der Waals surface area contributed by atoms with Gasteiger partial charge >= 0.3 is 0 Å². The number of hydrogen-bond acceptors (Lipinski definition) is 4. The van der Waals surface area contributed by atoms with E-state index in [1.807, 2.05) is 29.1 Å². The second-order valence-corrected chi connectivity index (χ2v) is 6.01. The number of aromatic nitrogens is 2. The lowest BCUT2D eigenvalue weighted by Gasteiger charge is -2.18. The van der Waals surface area contributed by atoms with Crippen molar-refractivity contribution in [2.75, 3.05) is 12.5 Å². The molecule has 2 aromatic rings. The van der Waals surface area contributed by atoms with Crippen LogP contribution in [0.2, 0.25) is 0 Å². The molecule has 2 N–H and O–H groups in total. The summed E-state index contributed by atoms with van der Waals surface area (Å²) in [6.07, 6.45) is 2.58. The van der Waals surface area contributed by atoms with Crippen LogP contribution in [0.3, 0.4) is 0 Å². The maximum absolute atomic E-state index is 6.06. The molecule has 0 fully saturated rings. The molecule has 1 aromatic heterocycles. The van der Waals surface area contributed by atoms with E-state index < -0.39 is 0 Å². The first-order chi connectivity index (χ1) is 9.43. The molecule has 1 aromatic carbocycles. The third-order valence-electron chi connectivity index (χ3n) is 3.32. The van der Waals surface area contributed by atoms with Gasteiger partial charge in [0.25, 0.3) is 0 Å². The zero-order chi connectivity index (χ0) is 14.3. The topological polar surface area (TPSA) is 62.3 Å². The SMILES string of the molecule is CC(C)(C)n1cc(N)c(Cc2ccc3c(c2)OCO3)n1. The Morgan fingerprint density at radius 1 is 1.25 bits per heavy atom. The van der Waals surface area contributed by atoms with Gasteiger partial charge in [0, 0.05) is 12.6 Å². The first kappa shape index (κ1) is 12.8. The van der Waals surface area contributed by atoms with E-state index in [4.69, 9.17) is 15.2 Å². The number of rotatable bonds is 2. The average molecular weight is 273 g/mol. The first-order valence-electron chi connectivity index (χ1n) is 6.66. The van der Waals surface area contributed by atoms with Gasteiger partial charge in [0.2, 0.25) is 6.79 Å². The van der Waals surface area contributed by atoms with Gasteiger partial charge in [-0.1, -0.05) is 6.07 Å². The van der Waals surface area contributed by atoms with Gasteiger partial charge in [-0.05, 0) is 38.5 Å². The van der Waals surface area contributed by atoms with E-state index >= 15 is 0 Å². The van der Waals surface area contributed by atoms with Crippen LogP contribution in [0.25, 0.3) is 0 Å². The molecule has 0 saturated carbocycles. The molecule has 0 atom stereocenters. The van der Waals surface area contributed by atoms with Crippen LogP contribution in [0.15, 0.2) is 24.4 Å². The fourth-order valence-electron chi connectivity index (χ4n) is 2.15. The largest absolute Gasteiger partial charge is 0.454 e. The minimum Gasteiger partial charge on any atom is -0.454 e. The number of benzene rings is 1. The Morgan fingerprint density at radius 2 is 2.00 bits per heavy atom. The molecule has 5 heteroatoms. The van der Waals surface area contributed by atoms with Crippen molar-refractivity contribution in [2.24, 2.45) is 0 Å². The number of nitrogens with zero attached hydrogens (tertiary/aromatic N) is 2. The van der Waals surface area contributed by atoms with Crippen molar-refractivity contribution in [2.45, 2.75) is 32.7 Å². The van der Waals surface area contributed by atoms with E-state index in [1.54, 1.807) is 0 Å². The smallest absolute Gasteiger partial charge is 0.231 e. The summed E-state index contributed by atoms with van der Waals surface area (Å²) in [5.74, 6) is 1.58. The highest BCUT2D eigenvalue weighted by molar-refractivity contribution is 5.48. The zero-order valence-corrected chi connectivity index (χ0v) is 12.0. The van der Waals surface area contributed by atoms with Crippen molar-refractivity contribution in [1.82, 2.24) is 9.78 Å². The zero-order valence-electron chi connectivity index (χ0n) is 12.0. The number of hydrogen-bond donors (Lipinski definition) is 1. The molecule has 0 radical (unpaired) electrons. The number of nitrogens with two attached hydrogens (primary N) is 1. The predicted octanol–water partition coefficient (Wildman–Crippen LogP) is 2.54. The normalized spacial score (nSPS) is 13.8. The molecule has 20 heavy (non-hydrogen) atoms. The Labute approximate surface area is 118 Å². The van der Waals surface area contributed by atoms with Crippen molar-refractivity contribution in [3.8, 4) is 11.5 Å². The van der Waals surface area contributed by atoms with Crippen LogP contribution in [-0.2, 0) is 12.0 Å². The molecule has 3 rings (SSSR count). The van der Waals surface area contributed by atoms with E-state index in [9.17, 15) is 0 Å². The van der Waals surface area contributed by atoms with Gasteiger partial charge in [-0.2, -0.15) is 5.10 Å². The fraction of sp³-hybridized carbons (Fsp3) is 0.400. The molecule has 2 heterocycles. The molecule has 0 unspecified atom stereocenters. The summed E-state index contributed by atoms with van der Waals surface area (Å²) in [5.41, 5.74) is 8.71. The summed E-state index contributed by atoms with van der Waals surface area (Å²) in [4.78, 5) is 0. The predicted molar refractivity (Wildman–Crippen MR) is 77.0 cm³/mol. The Balaban J connectivity index is 1.86. The molecular weight excluding hydrogens is 254 g/mol. The Morgan fingerprint density at radius 3 is 2.70 bits per heavy atom. The second-order valence-electron chi connectivity index (χ2n) is 6.01. The van der Waals surface area contributed by atoms with Crippen LogP contribution < -0.4 is 15.2 Å². The molecule has 0 saturated heterocycles. The van der Waals surface area contributed by atoms with Gasteiger partial charge in [0.15, 0.2) is 11.5 Å².